The minimum Gasteiger partial charge on any atom is -0.493 e. The van der Waals surface area contributed by atoms with Crippen LogP contribution in [0, 0.1) is 0 Å². The molecular weight excluding hydrogens is 450 g/mol. The van der Waals surface area contributed by atoms with Gasteiger partial charge in [-0.25, -0.2) is 9.98 Å². The summed E-state index contributed by atoms with van der Waals surface area (Å²) in [7, 11) is 0. The molecule has 3 heterocycles. The molecule has 2 aliphatic rings. The standard InChI is InChI=1S/C21H22BrN5O3/c1-2-6-28-16-5-4-12(22)9-13(16)19-25-20(23)26-21-24-14-10-17-18(11-15(14)27(19)21)30-8-3-7-29-17/h4-5,9-11,19H,2-3,6-8H2,1H3,(H3,23,24,25,26)/t19-/m1/s1. The van der Waals surface area contributed by atoms with Crippen molar-refractivity contribution in [3.63, 3.8) is 0 Å². The lowest BCUT2D eigenvalue weighted by molar-refractivity contribution is 0.297. The molecule has 2 aliphatic heterocycles. The van der Waals surface area contributed by atoms with Gasteiger partial charge < -0.3 is 19.9 Å². The van der Waals surface area contributed by atoms with Crippen LogP contribution in [0.4, 0.5) is 5.95 Å². The lowest BCUT2D eigenvalue weighted by Gasteiger charge is -2.25. The number of rotatable bonds is 4. The highest BCUT2D eigenvalue weighted by Gasteiger charge is 2.29. The van der Waals surface area contributed by atoms with Crippen molar-refractivity contribution < 1.29 is 14.2 Å². The van der Waals surface area contributed by atoms with Gasteiger partial charge >= 0.3 is 0 Å². The third-order valence-electron chi connectivity index (χ3n) is 5.02. The van der Waals surface area contributed by atoms with Gasteiger partial charge in [0.25, 0.3) is 0 Å². The molecule has 0 amide bonds. The van der Waals surface area contributed by atoms with Gasteiger partial charge in [0, 0.05) is 28.6 Å². The Bertz CT molecular complexity index is 1140. The third kappa shape index (κ3) is 3.32. The Kier molecular flexibility index (Phi) is 4.90. The summed E-state index contributed by atoms with van der Waals surface area (Å²) in [4.78, 5) is 9.43. The predicted octanol–water partition coefficient (Wildman–Crippen LogP) is 4.04. The fourth-order valence-electron chi connectivity index (χ4n) is 3.70. The summed E-state index contributed by atoms with van der Waals surface area (Å²) in [5, 5.41) is 3.07. The molecule has 2 aromatic carbocycles. The number of benzene rings is 2. The molecule has 30 heavy (non-hydrogen) atoms. The summed E-state index contributed by atoms with van der Waals surface area (Å²) >= 11 is 3.57. The molecule has 1 aromatic heterocycles. The topological polar surface area (TPSA) is 95.9 Å². The molecule has 8 nitrogen and oxygen atoms in total. The van der Waals surface area contributed by atoms with Gasteiger partial charge in [0.05, 0.1) is 30.9 Å². The molecule has 0 fully saturated rings. The smallest absolute Gasteiger partial charge is 0.212 e. The van der Waals surface area contributed by atoms with Crippen LogP contribution in [-0.2, 0) is 0 Å². The van der Waals surface area contributed by atoms with Crippen molar-refractivity contribution in [2.75, 3.05) is 25.1 Å². The predicted molar refractivity (Wildman–Crippen MR) is 119 cm³/mol. The number of nitrogens with two attached hydrogens (primary N) is 1. The molecule has 0 bridgehead atoms. The minimum atomic E-state index is -0.430. The van der Waals surface area contributed by atoms with E-state index in [2.05, 4.69) is 33.2 Å². The van der Waals surface area contributed by atoms with Crippen LogP contribution in [0.25, 0.3) is 11.0 Å². The number of aromatic nitrogens is 2. The maximum atomic E-state index is 6.11. The van der Waals surface area contributed by atoms with Crippen molar-refractivity contribution in [2.24, 2.45) is 10.7 Å². The number of aliphatic imine (C=N–C) groups is 1. The number of anilines is 1. The van der Waals surface area contributed by atoms with Crippen LogP contribution in [0.3, 0.4) is 0 Å². The van der Waals surface area contributed by atoms with Crippen LogP contribution < -0.4 is 25.3 Å². The number of fused-ring (bicyclic) bond motifs is 4. The molecule has 0 unspecified atom stereocenters. The lowest BCUT2D eigenvalue weighted by atomic mass is 10.1. The quantitative estimate of drug-likeness (QED) is 0.595. The van der Waals surface area contributed by atoms with Crippen molar-refractivity contribution in [2.45, 2.75) is 25.9 Å². The van der Waals surface area contributed by atoms with Gasteiger partial charge in [-0.15, -0.1) is 0 Å². The zero-order valence-electron chi connectivity index (χ0n) is 16.5. The molecule has 0 saturated heterocycles. The highest BCUT2D eigenvalue weighted by molar-refractivity contribution is 9.10. The van der Waals surface area contributed by atoms with Crippen LogP contribution in [0.2, 0.25) is 0 Å². The second-order valence-corrected chi connectivity index (χ2v) is 8.10. The van der Waals surface area contributed by atoms with Gasteiger partial charge in [0.2, 0.25) is 5.95 Å². The van der Waals surface area contributed by atoms with Crippen molar-refractivity contribution in [3.8, 4) is 17.2 Å². The highest BCUT2D eigenvalue weighted by atomic mass is 79.9. The number of guanidine groups is 1. The number of halogens is 1. The van der Waals surface area contributed by atoms with Gasteiger partial charge in [-0.05, 0) is 24.6 Å². The van der Waals surface area contributed by atoms with E-state index in [-0.39, 0.29) is 0 Å². The summed E-state index contributed by atoms with van der Waals surface area (Å²) in [5.74, 6) is 3.10. The normalized spacial score (nSPS) is 17.7. The summed E-state index contributed by atoms with van der Waals surface area (Å²) in [5.41, 5.74) is 8.67. The molecular formula is C21H22BrN5O3. The van der Waals surface area contributed by atoms with Crippen molar-refractivity contribution in [1.29, 1.82) is 0 Å². The monoisotopic (exact) mass is 471 g/mol. The average Bonchev–Trinajstić information content (AvgIpc) is 2.91. The number of hydrogen-bond acceptors (Lipinski definition) is 7. The average molecular weight is 472 g/mol. The minimum absolute atomic E-state index is 0.304. The molecule has 9 heteroatoms. The van der Waals surface area contributed by atoms with E-state index in [1.165, 1.54) is 0 Å². The fraction of sp³-hybridized carbons (Fsp3) is 0.333. The molecule has 3 N–H and O–H groups in total. The molecule has 0 radical (unpaired) electrons. The number of imidazole rings is 1. The highest BCUT2D eigenvalue weighted by Crippen LogP contribution is 2.41. The van der Waals surface area contributed by atoms with E-state index in [1.54, 1.807) is 0 Å². The third-order valence-corrected chi connectivity index (χ3v) is 5.51. The summed E-state index contributed by atoms with van der Waals surface area (Å²) < 4.78 is 20.7. The van der Waals surface area contributed by atoms with Gasteiger partial charge in [-0.2, -0.15) is 0 Å². The molecule has 1 atom stereocenters. The van der Waals surface area contributed by atoms with E-state index in [9.17, 15) is 0 Å². The Morgan fingerprint density at radius 1 is 1.23 bits per heavy atom. The van der Waals surface area contributed by atoms with Crippen LogP contribution in [0.1, 0.15) is 31.5 Å². The molecule has 3 aromatic rings. The molecule has 5 rings (SSSR count). The first-order valence-electron chi connectivity index (χ1n) is 9.98. The Hall–Kier alpha value is -2.94. The van der Waals surface area contributed by atoms with Crippen molar-refractivity contribution >= 4 is 38.9 Å². The zero-order valence-corrected chi connectivity index (χ0v) is 18.1. The van der Waals surface area contributed by atoms with Crippen molar-refractivity contribution in [3.05, 3.63) is 40.4 Å². The first-order chi connectivity index (χ1) is 14.6. The summed E-state index contributed by atoms with van der Waals surface area (Å²) in [6.45, 7) is 3.94. The number of nitrogens with one attached hydrogen (secondary N) is 1. The largest absolute Gasteiger partial charge is 0.493 e. The zero-order chi connectivity index (χ0) is 20.7. The second kappa shape index (κ2) is 7.71. The Morgan fingerprint density at radius 3 is 2.83 bits per heavy atom. The fourth-order valence-corrected chi connectivity index (χ4v) is 4.08. The molecule has 0 saturated carbocycles. The molecule has 0 spiro atoms. The number of hydrogen-bond donors (Lipinski definition) is 2. The van der Waals surface area contributed by atoms with Crippen LogP contribution in [-0.4, -0.2) is 35.3 Å². The second-order valence-electron chi connectivity index (χ2n) is 7.19. The van der Waals surface area contributed by atoms with E-state index in [4.69, 9.17) is 24.9 Å². The first kappa shape index (κ1) is 19.0. The van der Waals surface area contributed by atoms with Crippen molar-refractivity contribution in [1.82, 2.24) is 9.55 Å². The van der Waals surface area contributed by atoms with E-state index >= 15 is 0 Å². The lowest BCUT2D eigenvalue weighted by Crippen LogP contribution is -2.31. The first-order valence-corrected chi connectivity index (χ1v) is 10.8. The number of ether oxygens (including phenoxy) is 3. The van der Waals surface area contributed by atoms with Gasteiger partial charge in [-0.1, -0.05) is 22.9 Å². The Labute approximate surface area is 182 Å². The molecule has 156 valence electrons. The summed E-state index contributed by atoms with van der Waals surface area (Å²) in [6, 6.07) is 9.79. The maximum Gasteiger partial charge on any atom is 0.212 e. The van der Waals surface area contributed by atoms with Crippen LogP contribution in [0.15, 0.2) is 39.8 Å². The maximum absolute atomic E-state index is 6.11. The Balaban J connectivity index is 1.69. The van der Waals surface area contributed by atoms with Gasteiger partial charge in [0.15, 0.2) is 23.6 Å². The van der Waals surface area contributed by atoms with Gasteiger partial charge in [-0.3, -0.25) is 9.88 Å². The van der Waals surface area contributed by atoms with Gasteiger partial charge in [0.1, 0.15) is 5.75 Å². The van der Waals surface area contributed by atoms with E-state index in [0.717, 1.165) is 39.7 Å². The Morgan fingerprint density at radius 2 is 2.03 bits per heavy atom. The van der Waals surface area contributed by atoms with E-state index in [1.807, 2.05) is 34.9 Å². The number of nitrogens with zero attached hydrogens (tertiary/aromatic N) is 3. The SMILES string of the molecule is CCCOc1ccc(Br)cc1[C@@H]1N=C(N)Nc2nc3cc4c(cc3n21)OCCCO4. The van der Waals surface area contributed by atoms with E-state index < -0.39 is 6.17 Å². The van der Waals surface area contributed by atoms with E-state index in [0.29, 0.717) is 43.2 Å². The summed E-state index contributed by atoms with van der Waals surface area (Å²) in [6.07, 6.45) is 1.33. The van der Waals surface area contributed by atoms with Crippen LogP contribution in [0.5, 0.6) is 17.2 Å². The molecule has 0 aliphatic carbocycles. The van der Waals surface area contributed by atoms with Crippen LogP contribution >= 0.6 is 15.9 Å².